The van der Waals surface area contributed by atoms with E-state index in [9.17, 15) is 0 Å². The van der Waals surface area contributed by atoms with E-state index < -0.39 is 0 Å². The summed E-state index contributed by atoms with van der Waals surface area (Å²) in [5.74, 6) is 0.883. The topological polar surface area (TPSA) is 51.8 Å². The first-order valence-electron chi connectivity index (χ1n) is 5.48. The maximum absolute atomic E-state index is 5.56. The van der Waals surface area contributed by atoms with E-state index in [1.54, 1.807) is 18.0 Å². The molecule has 0 aliphatic carbocycles. The summed E-state index contributed by atoms with van der Waals surface area (Å²) < 4.78 is 0. The van der Waals surface area contributed by atoms with Gasteiger partial charge < -0.3 is 5.73 Å². The summed E-state index contributed by atoms with van der Waals surface area (Å²) >= 11 is 1.65. The molecule has 0 amide bonds. The van der Waals surface area contributed by atoms with E-state index in [1.807, 2.05) is 13.0 Å². The van der Waals surface area contributed by atoms with Gasteiger partial charge in [0.15, 0.2) is 5.16 Å². The number of rotatable bonds is 4. The van der Waals surface area contributed by atoms with Crippen molar-refractivity contribution in [1.29, 1.82) is 0 Å². The molecule has 2 aromatic rings. The molecule has 0 fully saturated rings. The second-order valence-corrected chi connectivity index (χ2v) is 4.73. The van der Waals surface area contributed by atoms with Gasteiger partial charge in [-0.25, -0.2) is 9.97 Å². The fourth-order valence-electron chi connectivity index (χ4n) is 1.41. The van der Waals surface area contributed by atoms with Crippen LogP contribution in [-0.2, 0) is 12.3 Å². The van der Waals surface area contributed by atoms with Crippen LogP contribution in [0.4, 0.5) is 0 Å². The van der Waals surface area contributed by atoms with Crippen LogP contribution in [0.5, 0.6) is 0 Å². The zero-order chi connectivity index (χ0) is 12.1. The van der Waals surface area contributed by atoms with Gasteiger partial charge in [0.05, 0.1) is 0 Å². The van der Waals surface area contributed by atoms with Gasteiger partial charge in [-0.05, 0) is 24.1 Å². The highest BCUT2D eigenvalue weighted by Gasteiger charge is 1.99. The lowest BCUT2D eigenvalue weighted by Crippen LogP contribution is -1.95. The predicted octanol–water partition coefficient (Wildman–Crippen LogP) is 2.54. The molecule has 2 N–H and O–H groups in total. The Morgan fingerprint density at radius 3 is 2.47 bits per heavy atom. The Morgan fingerprint density at radius 1 is 1.12 bits per heavy atom. The Bertz CT molecular complexity index is 482. The Hall–Kier alpha value is -1.39. The van der Waals surface area contributed by atoms with Crippen molar-refractivity contribution in [2.45, 2.75) is 24.4 Å². The van der Waals surface area contributed by atoms with Gasteiger partial charge in [0.25, 0.3) is 0 Å². The molecule has 17 heavy (non-hydrogen) atoms. The number of thioether (sulfide) groups is 1. The third kappa shape index (κ3) is 3.54. The SMILES string of the molecule is Cc1ccnc(SCc2ccc(CN)cc2)n1. The van der Waals surface area contributed by atoms with Crippen molar-refractivity contribution >= 4 is 11.8 Å². The summed E-state index contributed by atoms with van der Waals surface area (Å²) in [7, 11) is 0. The Balaban J connectivity index is 1.97. The van der Waals surface area contributed by atoms with Crippen LogP contribution in [0.3, 0.4) is 0 Å². The molecule has 1 heterocycles. The van der Waals surface area contributed by atoms with Gasteiger partial charge >= 0.3 is 0 Å². The van der Waals surface area contributed by atoms with Gasteiger partial charge in [-0.2, -0.15) is 0 Å². The van der Waals surface area contributed by atoms with E-state index in [1.165, 1.54) is 5.56 Å². The third-order valence-electron chi connectivity index (χ3n) is 2.40. The van der Waals surface area contributed by atoms with Gasteiger partial charge in [0.2, 0.25) is 0 Å². The van der Waals surface area contributed by atoms with E-state index in [0.717, 1.165) is 22.2 Å². The molecule has 0 atom stereocenters. The first-order chi connectivity index (χ1) is 8.28. The summed E-state index contributed by atoms with van der Waals surface area (Å²) in [5, 5.41) is 0.827. The number of aromatic nitrogens is 2. The van der Waals surface area contributed by atoms with E-state index >= 15 is 0 Å². The molecule has 2 rings (SSSR count). The van der Waals surface area contributed by atoms with E-state index in [-0.39, 0.29) is 0 Å². The largest absolute Gasteiger partial charge is 0.326 e. The second-order valence-electron chi connectivity index (χ2n) is 3.79. The molecular weight excluding hydrogens is 230 g/mol. The maximum atomic E-state index is 5.56. The van der Waals surface area contributed by atoms with Gasteiger partial charge in [-0.3, -0.25) is 0 Å². The number of nitrogens with zero attached hydrogens (tertiary/aromatic N) is 2. The van der Waals surface area contributed by atoms with Crippen LogP contribution in [0.25, 0.3) is 0 Å². The van der Waals surface area contributed by atoms with Crippen LogP contribution in [0.2, 0.25) is 0 Å². The molecule has 0 saturated carbocycles. The van der Waals surface area contributed by atoms with Crippen molar-refractivity contribution in [2.75, 3.05) is 0 Å². The Labute approximate surface area is 105 Å². The fraction of sp³-hybridized carbons (Fsp3) is 0.231. The zero-order valence-corrected chi connectivity index (χ0v) is 10.6. The zero-order valence-electron chi connectivity index (χ0n) is 9.76. The second kappa shape index (κ2) is 5.80. The standard InChI is InChI=1S/C13H15N3S/c1-10-6-7-15-13(16-10)17-9-12-4-2-11(8-14)3-5-12/h2-7H,8-9,14H2,1H3. The van der Waals surface area contributed by atoms with E-state index in [2.05, 4.69) is 34.2 Å². The summed E-state index contributed by atoms with van der Waals surface area (Å²) in [6, 6.07) is 10.2. The lowest BCUT2D eigenvalue weighted by atomic mass is 10.1. The molecule has 0 unspecified atom stereocenters. The fourth-order valence-corrected chi connectivity index (χ4v) is 2.25. The maximum Gasteiger partial charge on any atom is 0.188 e. The average Bonchev–Trinajstić information content (AvgIpc) is 2.37. The lowest BCUT2D eigenvalue weighted by Gasteiger charge is -2.02. The molecular formula is C13H15N3S. The van der Waals surface area contributed by atoms with E-state index in [0.29, 0.717) is 6.54 Å². The molecule has 4 heteroatoms. The predicted molar refractivity (Wildman–Crippen MR) is 70.7 cm³/mol. The average molecular weight is 245 g/mol. The summed E-state index contributed by atoms with van der Waals surface area (Å²) in [6.45, 7) is 2.57. The Morgan fingerprint density at radius 2 is 1.82 bits per heavy atom. The van der Waals surface area contributed by atoms with Gasteiger partial charge in [0.1, 0.15) is 0 Å². The smallest absolute Gasteiger partial charge is 0.188 e. The first-order valence-corrected chi connectivity index (χ1v) is 6.47. The summed E-state index contributed by atoms with van der Waals surface area (Å²) in [6.07, 6.45) is 1.79. The number of hydrogen-bond donors (Lipinski definition) is 1. The highest BCUT2D eigenvalue weighted by Crippen LogP contribution is 2.19. The van der Waals surface area contributed by atoms with Crippen LogP contribution in [0, 0.1) is 6.92 Å². The molecule has 3 nitrogen and oxygen atoms in total. The van der Waals surface area contributed by atoms with Crippen molar-refractivity contribution < 1.29 is 0 Å². The Kier molecular flexibility index (Phi) is 4.12. The first kappa shape index (κ1) is 12.1. The van der Waals surface area contributed by atoms with Crippen molar-refractivity contribution in [1.82, 2.24) is 9.97 Å². The minimum absolute atomic E-state index is 0.592. The summed E-state index contributed by atoms with van der Waals surface area (Å²) in [4.78, 5) is 8.57. The highest BCUT2D eigenvalue weighted by molar-refractivity contribution is 7.98. The van der Waals surface area contributed by atoms with Crippen molar-refractivity contribution in [3.63, 3.8) is 0 Å². The lowest BCUT2D eigenvalue weighted by molar-refractivity contribution is 0.932. The van der Waals surface area contributed by atoms with Crippen LogP contribution in [0.15, 0.2) is 41.7 Å². The van der Waals surface area contributed by atoms with Crippen LogP contribution in [0.1, 0.15) is 16.8 Å². The minimum atomic E-state index is 0.592. The number of nitrogens with two attached hydrogens (primary N) is 1. The third-order valence-corrected chi connectivity index (χ3v) is 3.33. The molecule has 88 valence electrons. The van der Waals surface area contributed by atoms with Crippen LogP contribution < -0.4 is 5.73 Å². The van der Waals surface area contributed by atoms with Crippen LogP contribution in [-0.4, -0.2) is 9.97 Å². The highest BCUT2D eigenvalue weighted by atomic mass is 32.2. The number of hydrogen-bond acceptors (Lipinski definition) is 4. The molecule has 0 spiro atoms. The normalized spacial score (nSPS) is 10.5. The van der Waals surface area contributed by atoms with Gasteiger partial charge in [0, 0.05) is 24.2 Å². The molecule has 0 aliphatic heterocycles. The quantitative estimate of drug-likeness (QED) is 0.664. The van der Waals surface area contributed by atoms with Gasteiger partial charge in [-0.1, -0.05) is 36.0 Å². The number of aryl methyl sites for hydroxylation is 1. The molecule has 1 aromatic heterocycles. The van der Waals surface area contributed by atoms with Crippen molar-refractivity contribution in [2.24, 2.45) is 5.73 Å². The summed E-state index contributed by atoms with van der Waals surface area (Å²) in [5.41, 5.74) is 8.98. The number of benzene rings is 1. The molecule has 1 aromatic carbocycles. The molecule has 0 bridgehead atoms. The van der Waals surface area contributed by atoms with Crippen molar-refractivity contribution in [3.8, 4) is 0 Å². The minimum Gasteiger partial charge on any atom is -0.326 e. The van der Waals surface area contributed by atoms with Crippen LogP contribution >= 0.6 is 11.8 Å². The molecule has 0 aliphatic rings. The monoisotopic (exact) mass is 245 g/mol. The van der Waals surface area contributed by atoms with Crippen molar-refractivity contribution in [3.05, 3.63) is 53.3 Å². The van der Waals surface area contributed by atoms with Gasteiger partial charge in [-0.15, -0.1) is 0 Å². The molecule has 0 saturated heterocycles. The van der Waals surface area contributed by atoms with E-state index in [4.69, 9.17) is 5.73 Å². The molecule has 0 radical (unpaired) electrons.